The minimum atomic E-state index is 1.11. The highest BCUT2D eigenvalue weighted by Gasteiger charge is 2.24. The molecular formula is C48H33N. The predicted molar refractivity (Wildman–Crippen MR) is 210 cm³/mol. The first-order valence-corrected chi connectivity index (χ1v) is 16.9. The zero-order chi connectivity index (χ0) is 32.6. The average molecular weight is 624 g/mol. The van der Waals surface area contributed by atoms with Crippen molar-refractivity contribution in [2.75, 3.05) is 4.90 Å². The Morgan fingerprint density at radius 2 is 0.735 bits per heavy atom. The van der Waals surface area contributed by atoms with E-state index in [0.29, 0.717) is 0 Å². The Balaban J connectivity index is 1.37. The second-order valence-electron chi connectivity index (χ2n) is 12.5. The summed E-state index contributed by atoms with van der Waals surface area (Å²) in [6.45, 7) is 0. The van der Waals surface area contributed by atoms with Gasteiger partial charge < -0.3 is 4.90 Å². The van der Waals surface area contributed by atoms with E-state index >= 15 is 0 Å². The smallest absolute Gasteiger partial charge is 0.0624 e. The van der Waals surface area contributed by atoms with Gasteiger partial charge in [0.1, 0.15) is 0 Å². The molecule has 0 unspecified atom stereocenters. The molecule has 1 nitrogen and oxygen atoms in total. The Hall–Kier alpha value is -6.44. The van der Waals surface area contributed by atoms with Crippen LogP contribution in [0.15, 0.2) is 200 Å². The van der Waals surface area contributed by atoms with Gasteiger partial charge in [-0.15, -0.1) is 0 Å². The summed E-state index contributed by atoms with van der Waals surface area (Å²) >= 11 is 0. The third kappa shape index (κ3) is 5.23. The van der Waals surface area contributed by atoms with Crippen LogP contribution in [-0.2, 0) is 0 Å². The Morgan fingerprint density at radius 1 is 0.265 bits per heavy atom. The number of fused-ring (bicyclic) bond motifs is 4. The minimum absolute atomic E-state index is 1.11. The summed E-state index contributed by atoms with van der Waals surface area (Å²) in [7, 11) is 0. The van der Waals surface area contributed by atoms with Gasteiger partial charge in [0.15, 0.2) is 0 Å². The molecule has 0 aliphatic heterocycles. The molecule has 0 radical (unpaired) electrons. The van der Waals surface area contributed by atoms with E-state index in [1.54, 1.807) is 0 Å². The molecule has 0 bridgehead atoms. The Morgan fingerprint density at radius 3 is 1.41 bits per heavy atom. The highest BCUT2D eigenvalue weighted by Crippen LogP contribution is 2.50. The van der Waals surface area contributed by atoms with E-state index < -0.39 is 0 Å². The van der Waals surface area contributed by atoms with Crippen molar-refractivity contribution >= 4 is 49.4 Å². The van der Waals surface area contributed by atoms with Gasteiger partial charge in [0, 0.05) is 22.3 Å². The molecular weight excluding hydrogens is 591 g/mol. The zero-order valence-electron chi connectivity index (χ0n) is 27.0. The molecule has 0 heterocycles. The third-order valence-corrected chi connectivity index (χ3v) is 9.59. The summed E-state index contributed by atoms with van der Waals surface area (Å²) in [6, 6.07) is 72.6. The SMILES string of the molecule is c1ccc(-c2cccc(N(c3cccc(-c4ccc5ccccc5c4)c3)c3c(-c4ccccc4)c4ccccc4c4ccccc34)c2)cc1. The molecule has 49 heavy (non-hydrogen) atoms. The second kappa shape index (κ2) is 12.3. The van der Waals surface area contributed by atoms with E-state index in [-0.39, 0.29) is 0 Å². The monoisotopic (exact) mass is 623 g/mol. The van der Waals surface area contributed by atoms with Crippen LogP contribution < -0.4 is 4.90 Å². The van der Waals surface area contributed by atoms with E-state index in [9.17, 15) is 0 Å². The number of anilines is 3. The molecule has 9 aromatic rings. The summed E-state index contributed by atoms with van der Waals surface area (Å²) in [5.74, 6) is 0. The van der Waals surface area contributed by atoms with Crippen LogP contribution in [0, 0.1) is 0 Å². The highest BCUT2D eigenvalue weighted by molar-refractivity contribution is 6.22. The molecule has 9 rings (SSSR count). The quantitative estimate of drug-likeness (QED) is 0.167. The zero-order valence-corrected chi connectivity index (χ0v) is 27.0. The van der Waals surface area contributed by atoms with Gasteiger partial charge >= 0.3 is 0 Å². The van der Waals surface area contributed by atoms with Gasteiger partial charge in [0.25, 0.3) is 0 Å². The fourth-order valence-electron chi connectivity index (χ4n) is 7.31. The van der Waals surface area contributed by atoms with E-state index in [2.05, 4.69) is 205 Å². The summed E-state index contributed by atoms with van der Waals surface area (Å²) in [5.41, 5.74) is 10.5. The van der Waals surface area contributed by atoms with Crippen LogP contribution in [0.4, 0.5) is 17.1 Å². The maximum absolute atomic E-state index is 2.48. The molecule has 0 amide bonds. The number of rotatable bonds is 6. The van der Waals surface area contributed by atoms with Crippen LogP contribution in [-0.4, -0.2) is 0 Å². The van der Waals surface area contributed by atoms with E-state index in [0.717, 1.165) is 11.4 Å². The first kappa shape index (κ1) is 28.8. The lowest BCUT2D eigenvalue weighted by molar-refractivity contribution is 1.30. The van der Waals surface area contributed by atoms with Gasteiger partial charge in [-0.2, -0.15) is 0 Å². The van der Waals surface area contributed by atoms with Crippen LogP contribution in [0.2, 0.25) is 0 Å². The van der Waals surface area contributed by atoms with Crippen molar-refractivity contribution in [1.82, 2.24) is 0 Å². The van der Waals surface area contributed by atoms with Crippen LogP contribution in [0.5, 0.6) is 0 Å². The average Bonchev–Trinajstić information content (AvgIpc) is 3.19. The number of hydrogen-bond acceptors (Lipinski definition) is 1. The van der Waals surface area contributed by atoms with Crippen LogP contribution in [0.1, 0.15) is 0 Å². The molecule has 0 N–H and O–H groups in total. The highest BCUT2D eigenvalue weighted by atomic mass is 15.1. The predicted octanol–water partition coefficient (Wildman–Crippen LogP) is 13.6. The fourth-order valence-corrected chi connectivity index (χ4v) is 7.31. The summed E-state index contributed by atoms with van der Waals surface area (Å²) in [5, 5.41) is 7.42. The molecule has 0 aromatic heterocycles. The van der Waals surface area contributed by atoms with Crippen molar-refractivity contribution in [3.05, 3.63) is 200 Å². The normalized spacial score (nSPS) is 11.3. The van der Waals surface area contributed by atoms with Crippen LogP contribution in [0.3, 0.4) is 0 Å². The topological polar surface area (TPSA) is 3.24 Å². The number of nitrogens with zero attached hydrogens (tertiary/aromatic N) is 1. The van der Waals surface area contributed by atoms with Gasteiger partial charge in [0.2, 0.25) is 0 Å². The maximum atomic E-state index is 2.48. The van der Waals surface area contributed by atoms with Gasteiger partial charge in [-0.05, 0) is 85.1 Å². The first-order valence-electron chi connectivity index (χ1n) is 16.9. The summed E-state index contributed by atoms with van der Waals surface area (Å²) in [6.07, 6.45) is 0. The molecule has 0 saturated carbocycles. The molecule has 1 heteroatoms. The number of benzene rings is 9. The lowest BCUT2D eigenvalue weighted by atomic mass is 9.89. The van der Waals surface area contributed by atoms with Crippen molar-refractivity contribution in [3.8, 4) is 33.4 Å². The van der Waals surface area contributed by atoms with Gasteiger partial charge in [-0.1, -0.05) is 170 Å². The van der Waals surface area contributed by atoms with E-state index in [4.69, 9.17) is 0 Å². The Kier molecular flexibility index (Phi) is 7.22. The van der Waals surface area contributed by atoms with Crippen molar-refractivity contribution in [2.45, 2.75) is 0 Å². The largest absolute Gasteiger partial charge is 0.309 e. The molecule has 0 aliphatic rings. The van der Waals surface area contributed by atoms with E-state index in [1.807, 2.05) is 0 Å². The van der Waals surface area contributed by atoms with E-state index in [1.165, 1.54) is 71.4 Å². The van der Waals surface area contributed by atoms with Gasteiger partial charge in [0.05, 0.1) is 5.69 Å². The fraction of sp³-hybridized carbons (Fsp3) is 0. The van der Waals surface area contributed by atoms with Crippen molar-refractivity contribution in [2.24, 2.45) is 0 Å². The summed E-state index contributed by atoms with van der Waals surface area (Å²) < 4.78 is 0. The Bertz CT molecular complexity index is 2600. The van der Waals surface area contributed by atoms with Crippen LogP contribution >= 0.6 is 0 Å². The van der Waals surface area contributed by atoms with Crippen LogP contribution in [0.25, 0.3) is 65.7 Å². The Labute approximate surface area is 287 Å². The lowest BCUT2D eigenvalue weighted by Gasteiger charge is -2.31. The van der Waals surface area contributed by atoms with Crippen molar-refractivity contribution in [3.63, 3.8) is 0 Å². The lowest BCUT2D eigenvalue weighted by Crippen LogP contribution is -2.12. The minimum Gasteiger partial charge on any atom is -0.309 e. The van der Waals surface area contributed by atoms with Crippen molar-refractivity contribution in [1.29, 1.82) is 0 Å². The van der Waals surface area contributed by atoms with Gasteiger partial charge in [-0.3, -0.25) is 0 Å². The maximum Gasteiger partial charge on any atom is 0.0624 e. The summed E-state index contributed by atoms with van der Waals surface area (Å²) in [4.78, 5) is 2.48. The molecule has 9 aromatic carbocycles. The molecule has 0 spiro atoms. The molecule has 0 saturated heterocycles. The van der Waals surface area contributed by atoms with Gasteiger partial charge in [-0.25, -0.2) is 0 Å². The van der Waals surface area contributed by atoms with Crippen molar-refractivity contribution < 1.29 is 0 Å². The molecule has 230 valence electrons. The third-order valence-electron chi connectivity index (χ3n) is 9.59. The molecule has 0 atom stereocenters. The first-order chi connectivity index (χ1) is 24.3. The molecule has 0 fully saturated rings. The number of hydrogen-bond donors (Lipinski definition) is 0. The molecule has 0 aliphatic carbocycles. The second-order valence-corrected chi connectivity index (χ2v) is 12.5. The standard InChI is InChI=1S/C48H33N/c1-3-15-34(16-4-1)38-21-13-23-41(32-38)49(42-24-14-22-39(33-42)40-30-29-35-17-7-8-20-37(35)31-40)48-46-28-12-10-26-44(46)43-25-9-11-27-45(43)47(48)36-18-5-2-6-19-36/h1-33H.